The summed E-state index contributed by atoms with van der Waals surface area (Å²) in [6.07, 6.45) is 5.60. The molecule has 1 aliphatic carbocycles. The molecule has 0 radical (unpaired) electrons. The van der Waals surface area contributed by atoms with Crippen molar-refractivity contribution < 1.29 is 8.42 Å². The lowest BCUT2D eigenvalue weighted by atomic mass is 9.91. The first-order valence-corrected chi connectivity index (χ1v) is 8.90. The van der Waals surface area contributed by atoms with Crippen molar-refractivity contribution in [2.75, 3.05) is 16.2 Å². The summed E-state index contributed by atoms with van der Waals surface area (Å²) in [6.45, 7) is 3.75. The molecule has 2 rings (SSSR count). The normalized spacial score (nSPS) is 17.1. The summed E-state index contributed by atoms with van der Waals surface area (Å²) < 4.78 is 27.3. The molecule has 0 aliphatic heterocycles. The van der Waals surface area contributed by atoms with Crippen LogP contribution in [0, 0.1) is 19.8 Å². The number of aryl methyl sites for hydroxylation is 2. The van der Waals surface area contributed by atoms with Gasteiger partial charge < -0.3 is 5.73 Å². The Kier molecular flexibility index (Phi) is 4.58. The third-order valence-electron chi connectivity index (χ3n) is 4.06. The molecule has 0 saturated heterocycles. The first-order chi connectivity index (χ1) is 9.37. The minimum Gasteiger partial charge on any atom is -0.399 e. The number of nitrogen functional groups attached to an aromatic ring is 1. The average molecular weight is 296 g/mol. The van der Waals surface area contributed by atoms with Gasteiger partial charge in [0.2, 0.25) is 10.0 Å². The Morgan fingerprint density at radius 2 is 1.80 bits per heavy atom. The highest BCUT2D eigenvalue weighted by atomic mass is 32.2. The van der Waals surface area contributed by atoms with Crippen molar-refractivity contribution in [1.29, 1.82) is 0 Å². The quantitative estimate of drug-likeness (QED) is 0.838. The van der Waals surface area contributed by atoms with Gasteiger partial charge in [-0.1, -0.05) is 19.3 Å². The van der Waals surface area contributed by atoms with E-state index in [2.05, 4.69) is 4.72 Å². The third-order valence-corrected chi connectivity index (χ3v) is 5.50. The molecule has 3 N–H and O–H groups in total. The lowest BCUT2D eigenvalue weighted by Crippen LogP contribution is -2.24. The Morgan fingerprint density at radius 3 is 2.45 bits per heavy atom. The van der Waals surface area contributed by atoms with Crippen LogP contribution < -0.4 is 10.5 Å². The van der Waals surface area contributed by atoms with Crippen LogP contribution in [0.5, 0.6) is 0 Å². The molecule has 20 heavy (non-hydrogen) atoms. The maximum absolute atomic E-state index is 12.3. The number of anilines is 2. The molecule has 0 heterocycles. The molecule has 1 aromatic carbocycles. The smallest absolute Gasteiger partial charge is 0.233 e. The van der Waals surface area contributed by atoms with Crippen LogP contribution in [-0.4, -0.2) is 14.2 Å². The Bertz CT molecular complexity index is 576. The van der Waals surface area contributed by atoms with Crippen molar-refractivity contribution in [1.82, 2.24) is 0 Å². The second-order valence-electron chi connectivity index (χ2n) is 5.91. The lowest BCUT2D eigenvalue weighted by molar-refractivity contribution is 0.385. The van der Waals surface area contributed by atoms with E-state index in [1.165, 1.54) is 6.42 Å². The fourth-order valence-electron chi connectivity index (χ4n) is 2.82. The molecule has 0 aromatic heterocycles. The lowest BCUT2D eigenvalue weighted by Gasteiger charge is -2.22. The fraction of sp³-hybridized carbons (Fsp3) is 0.600. The largest absolute Gasteiger partial charge is 0.399 e. The molecule has 0 atom stereocenters. The molecule has 1 aromatic rings. The molecule has 4 nitrogen and oxygen atoms in total. The topological polar surface area (TPSA) is 72.2 Å². The van der Waals surface area contributed by atoms with E-state index in [-0.39, 0.29) is 5.75 Å². The number of hydrogen-bond donors (Lipinski definition) is 2. The van der Waals surface area contributed by atoms with E-state index >= 15 is 0 Å². The van der Waals surface area contributed by atoms with Crippen LogP contribution in [0.3, 0.4) is 0 Å². The molecule has 0 amide bonds. The minimum atomic E-state index is -3.28. The Labute approximate surface area is 121 Å². The summed E-state index contributed by atoms with van der Waals surface area (Å²) >= 11 is 0. The van der Waals surface area contributed by atoms with Crippen LogP contribution in [0.15, 0.2) is 12.1 Å². The zero-order chi connectivity index (χ0) is 14.8. The number of sulfonamides is 1. The summed E-state index contributed by atoms with van der Waals surface area (Å²) in [5.41, 5.74) is 8.92. The first kappa shape index (κ1) is 15.2. The highest BCUT2D eigenvalue weighted by molar-refractivity contribution is 7.92. The highest BCUT2D eigenvalue weighted by Gasteiger charge is 2.21. The van der Waals surface area contributed by atoms with Crippen molar-refractivity contribution in [3.63, 3.8) is 0 Å². The summed E-state index contributed by atoms with van der Waals surface area (Å²) in [6, 6.07) is 3.62. The van der Waals surface area contributed by atoms with Crippen LogP contribution in [-0.2, 0) is 10.0 Å². The zero-order valence-electron chi connectivity index (χ0n) is 12.3. The van der Waals surface area contributed by atoms with E-state index in [1.807, 2.05) is 26.0 Å². The van der Waals surface area contributed by atoms with E-state index in [4.69, 9.17) is 5.73 Å². The summed E-state index contributed by atoms with van der Waals surface area (Å²) in [7, 11) is -3.28. The molecular formula is C15H24N2O2S. The monoisotopic (exact) mass is 296 g/mol. The molecule has 1 saturated carbocycles. The molecule has 0 unspecified atom stereocenters. The SMILES string of the molecule is Cc1cc(NS(=O)(=O)CC2CCCCC2)c(C)cc1N. The van der Waals surface area contributed by atoms with E-state index in [0.717, 1.165) is 36.8 Å². The van der Waals surface area contributed by atoms with E-state index in [0.29, 0.717) is 17.3 Å². The second-order valence-corrected chi connectivity index (χ2v) is 7.68. The summed E-state index contributed by atoms with van der Waals surface area (Å²) in [5.74, 6) is 0.534. The molecule has 112 valence electrons. The van der Waals surface area contributed by atoms with E-state index < -0.39 is 10.0 Å². The summed E-state index contributed by atoms with van der Waals surface area (Å²) in [4.78, 5) is 0. The number of benzene rings is 1. The standard InChI is InChI=1S/C15H24N2O2S/c1-11-9-15(12(2)8-14(11)16)17-20(18,19)10-13-6-4-3-5-7-13/h8-9,13,17H,3-7,10,16H2,1-2H3. The number of hydrogen-bond acceptors (Lipinski definition) is 3. The van der Waals surface area contributed by atoms with Gasteiger partial charge in [0.05, 0.1) is 11.4 Å². The van der Waals surface area contributed by atoms with Gasteiger partial charge >= 0.3 is 0 Å². The number of nitrogens with one attached hydrogen (secondary N) is 1. The predicted molar refractivity (Wildman–Crippen MR) is 84.3 cm³/mol. The molecular weight excluding hydrogens is 272 g/mol. The number of rotatable bonds is 4. The number of nitrogens with two attached hydrogens (primary N) is 1. The van der Waals surface area contributed by atoms with Gasteiger partial charge in [-0.2, -0.15) is 0 Å². The van der Waals surface area contributed by atoms with Crippen LogP contribution in [0.1, 0.15) is 43.2 Å². The summed E-state index contributed by atoms with van der Waals surface area (Å²) in [5, 5.41) is 0. The van der Waals surface area contributed by atoms with Gasteiger partial charge in [-0.25, -0.2) is 8.42 Å². The Hall–Kier alpha value is -1.23. The van der Waals surface area contributed by atoms with Crippen molar-refractivity contribution >= 4 is 21.4 Å². The fourth-order valence-corrected chi connectivity index (χ4v) is 4.41. The van der Waals surface area contributed by atoms with Crippen molar-refractivity contribution in [3.8, 4) is 0 Å². The second kappa shape index (κ2) is 6.04. The van der Waals surface area contributed by atoms with Gasteiger partial charge in [0, 0.05) is 5.69 Å². The molecule has 1 aliphatic rings. The molecule has 1 fully saturated rings. The first-order valence-electron chi connectivity index (χ1n) is 7.24. The third kappa shape index (κ3) is 3.88. The van der Waals surface area contributed by atoms with Crippen LogP contribution >= 0.6 is 0 Å². The van der Waals surface area contributed by atoms with Crippen LogP contribution in [0.4, 0.5) is 11.4 Å². The van der Waals surface area contributed by atoms with Crippen molar-refractivity contribution in [3.05, 3.63) is 23.3 Å². The molecule has 0 bridgehead atoms. The van der Waals surface area contributed by atoms with E-state index in [1.54, 1.807) is 0 Å². The molecule has 5 heteroatoms. The van der Waals surface area contributed by atoms with Gasteiger partial charge in [-0.15, -0.1) is 0 Å². The van der Waals surface area contributed by atoms with Gasteiger partial charge in [0.15, 0.2) is 0 Å². The Balaban J connectivity index is 2.09. The predicted octanol–water partition coefficient (Wildman–Crippen LogP) is 3.21. The van der Waals surface area contributed by atoms with Crippen LogP contribution in [0.2, 0.25) is 0 Å². The average Bonchev–Trinajstić information content (AvgIpc) is 2.36. The van der Waals surface area contributed by atoms with Crippen LogP contribution in [0.25, 0.3) is 0 Å². The van der Waals surface area contributed by atoms with Gasteiger partial charge in [-0.3, -0.25) is 4.72 Å². The van der Waals surface area contributed by atoms with E-state index in [9.17, 15) is 8.42 Å². The van der Waals surface area contributed by atoms with Gasteiger partial charge in [0.1, 0.15) is 0 Å². The maximum atomic E-state index is 12.3. The van der Waals surface area contributed by atoms with Gasteiger partial charge in [-0.05, 0) is 55.9 Å². The maximum Gasteiger partial charge on any atom is 0.233 e. The molecule has 0 spiro atoms. The minimum absolute atomic E-state index is 0.232. The zero-order valence-corrected chi connectivity index (χ0v) is 13.1. The Morgan fingerprint density at radius 1 is 1.15 bits per heavy atom. The van der Waals surface area contributed by atoms with Crippen molar-refractivity contribution in [2.24, 2.45) is 5.92 Å². The highest BCUT2D eigenvalue weighted by Crippen LogP contribution is 2.27. The van der Waals surface area contributed by atoms with Gasteiger partial charge in [0.25, 0.3) is 0 Å². The van der Waals surface area contributed by atoms with Crippen molar-refractivity contribution in [2.45, 2.75) is 46.0 Å².